The van der Waals surface area contributed by atoms with Crippen molar-refractivity contribution in [3.8, 4) is 18.0 Å². The number of nitrogens with zero attached hydrogens (tertiary/aromatic N) is 4. The van der Waals surface area contributed by atoms with Crippen LogP contribution in [0.4, 0.5) is 0 Å². The van der Waals surface area contributed by atoms with E-state index in [2.05, 4.69) is 16.0 Å². The molecule has 21 heavy (non-hydrogen) atoms. The summed E-state index contributed by atoms with van der Waals surface area (Å²) in [5.74, 6) is 2.44. The molecule has 1 aromatic carbocycles. The first-order valence-electron chi connectivity index (χ1n) is 6.56. The van der Waals surface area contributed by atoms with Crippen LogP contribution < -0.4 is 5.56 Å². The summed E-state index contributed by atoms with van der Waals surface area (Å²) in [6, 6.07) is 5.96. The molecule has 104 valence electrons. The van der Waals surface area contributed by atoms with Crippen LogP contribution in [0, 0.1) is 26.2 Å². The number of terminal acetylenes is 1. The predicted molar refractivity (Wildman–Crippen MR) is 81.4 cm³/mol. The lowest BCUT2D eigenvalue weighted by Crippen LogP contribution is -2.20. The number of fused-ring (bicyclic) bond motifs is 1. The first kappa shape index (κ1) is 13.1. The van der Waals surface area contributed by atoms with E-state index < -0.39 is 0 Å². The summed E-state index contributed by atoms with van der Waals surface area (Å²) in [7, 11) is 0. The molecule has 0 atom stereocenters. The van der Waals surface area contributed by atoms with Crippen molar-refractivity contribution in [3.63, 3.8) is 0 Å². The lowest BCUT2D eigenvalue weighted by atomic mass is 10.1. The Morgan fingerprint density at radius 2 is 2.14 bits per heavy atom. The molecule has 5 nitrogen and oxygen atoms in total. The van der Waals surface area contributed by atoms with Gasteiger partial charge in [-0.1, -0.05) is 18.1 Å². The maximum Gasteiger partial charge on any atom is 0.265 e. The average Bonchev–Trinajstić information content (AvgIpc) is 2.90. The van der Waals surface area contributed by atoms with Gasteiger partial charge in [-0.2, -0.15) is 5.10 Å². The number of hydrogen-bond acceptors (Lipinski definition) is 3. The van der Waals surface area contributed by atoms with E-state index in [1.165, 1.54) is 10.9 Å². The van der Waals surface area contributed by atoms with Crippen molar-refractivity contribution in [2.45, 2.75) is 20.4 Å². The summed E-state index contributed by atoms with van der Waals surface area (Å²) >= 11 is 0. The van der Waals surface area contributed by atoms with Crippen molar-refractivity contribution >= 4 is 11.0 Å². The van der Waals surface area contributed by atoms with Crippen molar-refractivity contribution in [1.29, 1.82) is 0 Å². The van der Waals surface area contributed by atoms with E-state index in [0.717, 1.165) is 16.8 Å². The molecular weight excluding hydrogens is 264 g/mol. The van der Waals surface area contributed by atoms with Crippen LogP contribution in [-0.4, -0.2) is 19.3 Å². The quantitative estimate of drug-likeness (QED) is 0.672. The Hall–Kier alpha value is -2.87. The van der Waals surface area contributed by atoms with Crippen molar-refractivity contribution in [2.75, 3.05) is 0 Å². The van der Waals surface area contributed by atoms with Crippen molar-refractivity contribution in [3.05, 3.63) is 52.2 Å². The summed E-state index contributed by atoms with van der Waals surface area (Å²) < 4.78 is 3.09. The highest BCUT2D eigenvalue weighted by atomic mass is 16.1. The molecule has 0 saturated carbocycles. The number of hydrogen-bond donors (Lipinski definition) is 0. The van der Waals surface area contributed by atoms with Gasteiger partial charge in [0, 0.05) is 0 Å². The number of benzene rings is 1. The van der Waals surface area contributed by atoms with Crippen molar-refractivity contribution in [2.24, 2.45) is 0 Å². The number of rotatable bonds is 2. The van der Waals surface area contributed by atoms with Crippen LogP contribution in [0.5, 0.6) is 0 Å². The summed E-state index contributed by atoms with van der Waals surface area (Å²) in [5.41, 5.74) is 3.57. The van der Waals surface area contributed by atoms with Crippen LogP contribution in [0.25, 0.3) is 16.7 Å². The molecule has 0 aliphatic carbocycles. The Morgan fingerprint density at radius 1 is 1.33 bits per heavy atom. The van der Waals surface area contributed by atoms with Gasteiger partial charge in [0.15, 0.2) is 5.65 Å². The molecule has 3 rings (SSSR count). The van der Waals surface area contributed by atoms with Gasteiger partial charge in [0.05, 0.1) is 18.4 Å². The number of aryl methyl sites for hydroxylation is 1. The second-order valence-electron chi connectivity index (χ2n) is 4.89. The Kier molecular flexibility index (Phi) is 3.07. The van der Waals surface area contributed by atoms with E-state index in [0.29, 0.717) is 11.0 Å². The minimum Gasteiger partial charge on any atom is -0.287 e. The van der Waals surface area contributed by atoms with Crippen LogP contribution in [0.3, 0.4) is 0 Å². The molecule has 5 heteroatoms. The van der Waals surface area contributed by atoms with Crippen molar-refractivity contribution < 1.29 is 0 Å². The molecular formula is C16H14N4O. The van der Waals surface area contributed by atoms with Gasteiger partial charge in [-0.05, 0) is 31.0 Å². The van der Waals surface area contributed by atoms with Gasteiger partial charge in [0.1, 0.15) is 11.7 Å². The Bertz CT molecular complexity index is 928. The van der Waals surface area contributed by atoms with E-state index in [9.17, 15) is 4.79 Å². The first-order valence-corrected chi connectivity index (χ1v) is 6.56. The highest BCUT2D eigenvalue weighted by Crippen LogP contribution is 2.19. The molecule has 3 aromatic rings. The van der Waals surface area contributed by atoms with Crippen molar-refractivity contribution in [1.82, 2.24) is 19.3 Å². The minimum absolute atomic E-state index is 0.172. The summed E-state index contributed by atoms with van der Waals surface area (Å²) in [5, 5.41) is 4.79. The van der Waals surface area contributed by atoms with Gasteiger partial charge >= 0.3 is 0 Å². The maximum atomic E-state index is 12.3. The largest absolute Gasteiger partial charge is 0.287 e. The molecule has 2 aromatic heterocycles. The van der Waals surface area contributed by atoms with E-state index in [1.54, 1.807) is 10.9 Å². The number of aromatic nitrogens is 4. The lowest BCUT2D eigenvalue weighted by Gasteiger charge is -2.09. The molecule has 0 unspecified atom stereocenters. The topological polar surface area (TPSA) is 52.7 Å². The monoisotopic (exact) mass is 278 g/mol. The second kappa shape index (κ2) is 4.91. The molecule has 0 fully saturated rings. The fourth-order valence-corrected chi connectivity index (χ4v) is 2.30. The van der Waals surface area contributed by atoms with Gasteiger partial charge in [0.2, 0.25) is 0 Å². The molecule has 0 bridgehead atoms. The summed E-state index contributed by atoms with van der Waals surface area (Å²) in [6.45, 7) is 4.27. The standard InChI is InChI=1S/C16H14N4O/c1-4-8-19-10-17-15-13(16(19)21)9-18-20(15)14-7-5-6-11(2)12(14)3/h1,5-7,9-10H,8H2,2-3H3. The average molecular weight is 278 g/mol. The molecule has 2 heterocycles. The summed E-state index contributed by atoms with van der Waals surface area (Å²) in [4.78, 5) is 16.6. The van der Waals surface area contributed by atoms with Crippen LogP contribution in [-0.2, 0) is 6.54 Å². The van der Waals surface area contributed by atoms with Gasteiger partial charge < -0.3 is 0 Å². The zero-order chi connectivity index (χ0) is 15.0. The fourth-order valence-electron chi connectivity index (χ4n) is 2.30. The highest BCUT2D eigenvalue weighted by molar-refractivity contribution is 5.75. The predicted octanol–water partition coefficient (Wildman–Crippen LogP) is 1.83. The van der Waals surface area contributed by atoms with Gasteiger partial charge in [0.25, 0.3) is 5.56 Å². The molecule has 0 saturated heterocycles. The Labute approximate surface area is 121 Å². The first-order chi connectivity index (χ1) is 10.1. The lowest BCUT2D eigenvalue weighted by molar-refractivity contribution is 0.778. The molecule has 0 N–H and O–H groups in total. The van der Waals surface area contributed by atoms with E-state index in [4.69, 9.17) is 6.42 Å². The molecule has 0 aliphatic rings. The van der Waals surface area contributed by atoms with E-state index in [-0.39, 0.29) is 12.1 Å². The van der Waals surface area contributed by atoms with Gasteiger partial charge in [-0.25, -0.2) is 9.67 Å². The van der Waals surface area contributed by atoms with Crippen LogP contribution in [0.1, 0.15) is 11.1 Å². The molecule has 0 radical (unpaired) electrons. The molecule has 0 spiro atoms. The third-order valence-electron chi connectivity index (χ3n) is 3.62. The van der Waals surface area contributed by atoms with Gasteiger partial charge in [-0.3, -0.25) is 9.36 Å². The Morgan fingerprint density at radius 3 is 2.90 bits per heavy atom. The second-order valence-corrected chi connectivity index (χ2v) is 4.89. The van der Waals surface area contributed by atoms with E-state index >= 15 is 0 Å². The normalized spacial score (nSPS) is 10.7. The molecule has 0 amide bonds. The smallest absolute Gasteiger partial charge is 0.265 e. The third kappa shape index (κ3) is 2.01. The zero-order valence-electron chi connectivity index (χ0n) is 11.9. The van der Waals surface area contributed by atoms with Gasteiger partial charge in [-0.15, -0.1) is 6.42 Å². The summed E-state index contributed by atoms with van der Waals surface area (Å²) in [6.07, 6.45) is 8.26. The van der Waals surface area contributed by atoms with Crippen LogP contribution in [0.15, 0.2) is 35.5 Å². The Balaban J connectivity index is 2.27. The fraction of sp³-hybridized carbons (Fsp3) is 0.188. The van der Waals surface area contributed by atoms with Crippen LogP contribution >= 0.6 is 0 Å². The van der Waals surface area contributed by atoms with Crippen LogP contribution in [0.2, 0.25) is 0 Å². The zero-order valence-corrected chi connectivity index (χ0v) is 11.9. The maximum absolute atomic E-state index is 12.3. The third-order valence-corrected chi connectivity index (χ3v) is 3.62. The van der Waals surface area contributed by atoms with E-state index in [1.807, 2.05) is 32.0 Å². The highest BCUT2D eigenvalue weighted by Gasteiger charge is 2.12. The minimum atomic E-state index is -0.172. The molecule has 0 aliphatic heterocycles. The SMILES string of the molecule is C#CCn1cnc2c(cnn2-c2cccc(C)c2C)c1=O.